The summed E-state index contributed by atoms with van der Waals surface area (Å²) >= 11 is 13.8. The molecule has 0 aliphatic heterocycles. The quantitative estimate of drug-likeness (QED) is 0.520. The van der Waals surface area contributed by atoms with E-state index in [1.54, 1.807) is 29.5 Å². The minimum absolute atomic E-state index is 0.171. The fourth-order valence-electron chi connectivity index (χ4n) is 2.82. The third-order valence-corrected chi connectivity index (χ3v) is 6.01. The Balaban J connectivity index is 1.81. The lowest BCUT2D eigenvalue weighted by atomic mass is 10.1. The van der Waals surface area contributed by atoms with Gasteiger partial charge in [0.15, 0.2) is 0 Å². The number of hydrogen-bond donors (Lipinski definition) is 2. The molecule has 0 unspecified atom stereocenters. The van der Waals surface area contributed by atoms with Crippen LogP contribution in [0.4, 0.5) is 10.5 Å². The van der Waals surface area contributed by atoms with Crippen LogP contribution in [0.5, 0.6) is 0 Å². The van der Waals surface area contributed by atoms with Crippen molar-refractivity contribution in [3.63, 3.8) is 0 Å². The van der Waals surface area contributed by atoms with Gasteiger partial charge < -0.3 is 15.2 Å². The molecule has 2 aromatic heterocycles. The Morgan fingerprint density at radius 1 is 1.19 bits per heavy atom. The number of carbonyl (C=O) groups excluding carboxylic acids is 1. The molecule has 0 fully saturated rings. The molecule has 0 saturated heterocycles. The summed E-state index contributed by atoms with van der Waals surface area (Å²) in [5, 5.41) is 7.81. The number of anilines is 1. The molecule has 0 radical (unpaired) electrons. The van der Waals surface area contributed by atoms with E-state index in [2.05, 4.69) is 29.0 Å². The van der Waals surface area contributed by atoms with E-state index in [9.17, 15) is 4.79 Å². The van der Waals surface area contributed by atoms with Crippen LogP contribution in [0.3, 0.4) is 0 Å². The Hall–Kier alpha value is -1.95. The minimum atomic E-state index is -0.330. The van der Waals surface area contributed by atoms with Crippen molar-refractivity contribution in [3.05, 3.63) is 68.8 Å². The fourth-order valence-corrected chi connectivity index (χ4v) is 4.38. The number of aromatic nitrogens is 1. The van der Waals surface area contributed by atoms with Crippen molar-refractivity contribution in [2.24, 2.45) is 0 Å². The van der Waals surface area contributed by atoms with Crippen molar-refractivity contribution < 1.29 is 4.79 Å². The Labute approximate surface area is 166 Å². The van der Waals surface area contributed by atoms with E-state index in [1.165, 1.54) is 10.4 Å². The van der Waals surface area contributed by atoms with E-state index in [0.717, 1.165) is 10.6 Å². The molecule has 0 bridgehead atoms. The van der Waals surface area contributed by atoms with Crippen LogP contribution in [-0.2, 0) is 0 Å². The number of hydrogen-bond acceptors (Lipinski definition) is 2. The molecule has 0 aliphatic carbocycles. The molecule has 4 nitrogen and oxygen atoms in total. The van der Waals surface area contributed by atoms with Crippen LogP contribution in [0.15, 0.2) is 42.7 Å². The van der Waals surface area contributed by atoms with Gasteiger partial charge in [0.1, 0.15) is 5.00 Å². The maximum atomic E-state index is 12.4. The van der Waals surface area contributed by atoms with E-state index in [-0.39, 0.29) is 12.1 Å². The number of rotatable bonds is 4. The highest BCUT2D eigenvalue weighted by Gasteiger charge is 2.21. The molecule has 26 heavy (non-hydrogen) atoms. The highest BCUT2D eigenvalue weighted by Crippen LogP contribution is 2.35. The Morgan fingerprint density at radius 3 is 2.58 bits per heavy atom. The number of amides is 2. The normalized spacial score (nSPS) is 12.0. The van der Waals surface area contributed by atoms with Crippen LogP contribution >= 0.6 is 34.5 Å². The third-order valence-electron chi connectivity index (χ3n) is 4.21. The molecule has 2 N–H and O–H groups in total. The predicted octanol–water partition coefficient (Wildman–Crippen LogP) is 6.35. The van der Waals surface area contributed by atoms with Crippen LogP contribution in [-0.4, -0.2) is 10.6 Å². The maximum Gasteiger partial charge on any atom is 0.319 e. The molecule has 3 aromatic rings. The van der Waals surface area contributed by atoms with Crippen molar-refractivity contribution in [1.29, 1.82) is 0 Å². The van der Waals surface area contributed by atoms with E-state index in [0.29, 0.717) is 15.7 Å². The summed E-state index contributed by atoms with van der Waals surface area (Å²) in [6, 6.07) is 8.42. The first kappa shape index (κ1) is 18.8. The monoisotopic (exact) mass is 407 g/mol. The fraction of sp³-hybridized carbons (Fsp3) is 0.211. The van der Waals surface area contributed by atoms with Crippen molar-refractivity contribution in [3.8, 4) is 5.00 Å². The Kier molecular flexibility index (Phi) is 5.61. The molecule has 2 amide bonds. The zero-order valence-corrected chi connectivity index (χ0v) is 17.0. The van der Waals surface area contributed by atoms with Crippen LogP contribution in [0.2, 0.25) is 10.0 Å². The summed E-state index contributed by atoms with van der Waals surface area (Å²) in [6.07, 6.45) is 4.01. The van der Waals surface area contributed by atoms with Gasteiger partial charge in [-0.15, -0.1) is 11.3 Å². The first-order valence-corrected chi connectivity index (χ1v) is 9.70. The van der Waals surface area contributed by atoms with Crippen LogP contribution < -0.4 is 10.6 Å². The number of carbonyl (C=O) groups is 1. The molecule has 0 aliphatic rings. The Morgan fingerprint density at radius 2 is 1.88 bits per heavy atom. The first-order chi connectivity index (χ1) is 12.4. The first-order valence-electron chi connectivity index (χ1n) is 8.12. The van der Waals surface area contributed by atoms with Crippen LogP contribution in [0.1, 0.15) is 29.0 Å². The molecular formula is C19H19Cl2N3OS. The smallest absolute Gasteiger partial charge is 0.319 e. The standard InChI is InChI=1S/C19H19Cl2N3OS/c1-11-13(3)26-18(24-8-4-5-9-24)17(11)12(2)22-19(25)23-16-10-14(20)6-7-15(16)21/h4-10,12H,1-3H3,(H2,22,23,25)/t12-/m1/s1. The second-order valence-corrected chi connectivity index (χ2v) is 8.08. The highest BCUT2D eigenvalue weighted by molar-refractivity contribution is 7.14. The molecule has 7 heteroatoms. The second-order valence-electron chi connectivity index (χ2n) is 6.04. The van der Waals surface area contributed by atoms with Crippen LogP contribution in [0, 0.1) is 13.8 Å². The predicted molar refractivity (Wildman–Crippen MR) is 110 cm³/mol. The number of halogens is 2. The summed E-state index contributed by atoms with van der Waals surface area (Å²) in [5.41, 5.74) is 2.77. The topological polar surface area (TPSA) is 46.1 Å². The van der Waals surface area contributed by atoms with Gasteiger partial charge >= 0.3 is 6.03 Å². The zero-order valence-electron chi connectivity index (χ0n) is 14.6. The molecule has 2 heterocycles. The van der Waals surface area contributed by atoms with Gasteiger partial charge in [0, 0.05) is 27.9 Å². The van der Waals surface area contributed by atoms with Gasteiger partial charge in [-0.2, -0.15) is 0 Å². The van der Waals surface area contributed by atoms with Gasteiger partial charge in [-0.1, -0.05) is 23.2 Å². The van der Waals surface area contributed by atoms with E-state index >= 15 is 0 Å². The van der Waals surface area contributed by atoms with Crippen molar-refractivity contribution >= 4 is 46.3 Å². The maximum absolute atomic E-state index is 12.4. The second kappa shape index (κ2) is 7.74. The summed E-state index contributed by atoms with van der Waals surface area (Å²) in [5.74, 6) is 0. The van der Waals surface area contributed by atoms with Crippen LogP contribution in [0.25, 0.3) is 5.00 Å². The largest absolute Gasteiger partial charge is 0.331 e. The SMILES string of the molecule is Cc1sc(-n2cccc2)c([C@@H](C)NC(=O)Nc2cc(Cl)ccc2Cl)c1C. The summed E-state index contributed by atoms with van der Waals surface area (Å²) in [6.45, 7) is 6.15. The van der Waals surface area contributed by atoms with Crippen molar-refractivity contribution in [2.75, 3.05) is 5.32 Å². The summed E-state index contributed by atoms with van der Waals surface area (Å²) in [7, 11) is 0. The van der Waals surface area contributed by atoms with Gasteiger partial charge in [-0.3, -0.25) is 0 Å². The summed E-state index contributed by atoms with van der Waals surface area (Å²) < 4.78 is 2.07. The number of urea groups is 1. The van der Waals surface area contributed by atoms with Gasteiger partial charge in [-0.05, 0) is 56.7 Å². The average Bonchev–Trinajstić information content (AvgIpc) is 3.20. The Bertz CT molecular complexity index is 935. The van der Waals surface area contributed by atoms with E-state index in [4.69, 9.17) is 23.2 Å². The molecule has 1 atom stereocenters. The van der Waals surface area contributed by atoms with E-state index in [1.807, 2.05) is 31.5 Å². The van der Waals surface area contributed by atoms with Gasteiger partial charge in [0.05, 0.1) is 16.8 Å². The minimum Gasteiger partial charge on any atom is -0.331 e. The zero-order chi connectivity index (χ0) is 18.8. The lowest BCUT2D eigenvalue weighted by Gasteiger charge is -2.18. The highest BCUT2D eigenvalue weighted by atomic mass is 35.5. The number of thiophene rings is 1. The van der Waals surface area contributed by atoms with Crippen molar-refractivity contribution in [1.82, 2.24) is 9.88 Å². The molecule has 0 spiro atoms. The van der Waals surface area contributed by atoms with Gasteiger partial charge in [0.25, 0.3) is 0 Å². The average molecular weight is 408 g/mol. The van der Waals surface area contributed by atoms with E-state index < -0.39 is 0 Å². The third kappa shape index (κ3) is 3.90. The number of nitrogens with one attached hydrogen (secondary N) is 2. The lowest BCUT2D eigenvalue weighted by molar-refractivity contribution is 0.249. The molecule has 136 valence electrons. The number of nitrogens with zero attached hydrogens (tertiary/aromatic N) is 1. The molecule has 0 saturated carbocycles. The van der Waals surface area contributed by atoms with Gasteiger partial charge in [-0.25, -0.2) is 4.79 Å². The molecule has 3 rings (SSSR count). The number of aryl methyl sites for hydroxylation is 1. The lowest BCUT2D eigenvalue weighted by Crippen LogP contribution is -2.31. The van der Waals surface area contributed by atoms with Crippen molar-refractivity contribution in [2.45, 2.75) is 26.8 Å². The summed E-state index contributed by atoms with van der Waals surface area (Å²) in [4.78, 5) is 13.7. The molecule has 1 aromatic carbocycles. The molecular weight excluding hydrogens is 389 g/mol. The number of benzene rings is 1. The van der Waals surface area contributed by atoms with Gasteiger partial charge in [0.2, 0.25) is 0 Å².